The normalized spacial score (nSPS) is 11.9. The molecule has 0 spiro atoms. The highest BCUT2D eigenvalue weighted by Gasteiger charge is 2.18. The fraction of sp³-hybridized carbons (Fsp3) is 0.200. The maximum Gasteiger partial charge on any atom is 0.231 e. The van der Waals surface area contributed by atoms with Gasteiger partial charge in [-0.2, -0.15) is 0 Å². The third-order valence-corrected chi connectivity index (χ3v) is 5.12. The minimum absolute atomic E-state index is 0.0261. The molecule has 0 aliphatic carbocycles. The van der Waals surface area contributed by atoms with E-state index < -0.39 is 0 Å². The predicted octanol–water partition coefficient (Wildman–Crippen LogP) is 4.70. The van der Waals surface area contributed by atoms with Crippen LogP contribution >= 0.6 is 11.8 Å². The summed E-state index contributed by atoms with van der Waals surface area (Å²) in [5, 5.41) is 3.96. The Kier molecular flexibility index (Phi) is 5.56. The quantitative estimate of drug-likeness (QED) is 0.700. The fourth-order valence-corrected chi connectivity index (χ4v) is 3.45. The van der Waals surface area contributed by atoms with Crippen molar-refractivity contribution in [1.29, 1.82) is 0 Å². The molecule has 3 rings (SSSR count). The van der Waals surface area contributed by atoms with Gasteiger partial charge in [0, 0.05) is 30.0 Å². The SMILES string of the molecule is CCC(C(=O)Nc1ccc(Sc2nccn2C)cc1)c1ccccc1. The Hall–Kier alpha value is -2.53. The zero-order valence-corrected chi connectivity index (χ0v) is 15.2. The number of aromatic nitrogens is 2. The van der Waals surface area contributed by atoms with Crippen molar-refractivity contribution >= 4 is 23.4 Å². The molecular weight excluding hydrogens is 330 g/mol. The topological polar surface area (TPSA) is 46.9 Å². The zero-order chi connectivity index (χ0) is 17.6. The Bertz CT molecular complexity index is 828. The number of nitrogens with zero attached hydrogens (tertiary/aromatic N) is 2. The van der Waals surface area contributed by atoms with Crippen molar-refractivity contribution in [3.63, 3.8) is 0 Å². The molecule has 0 saturated carbocycles. The van der Waals surface area contributed by atoms with Crippen molar-refractivity contribution in [3.05, 3.63) is 72.6 Å². The summed E-state index contributed by atoms with van der Waals surface area (Å²) in [6.07, 6.45) is 4.47. The molecule has 128 valence electrons. The van der Waals surface area contributed by atoms with E-state index in [0.29, 0.717) is 0 Å². The van der Waals surface area contributed by atoms with Gasteiger partial charge >= 0.3 is 0 Å². The summed E-state index contributed by atoms with van der Waals surface area (Å²) < 4.78 is 1.98. The molecule has 1 amide bonds. The number of carbonyl (C=O) groups is 1. The molecule has 0 saturated heterocycles. The molecule has 1 aromatic heterocycles. The van der Waals surface area contributed by atoms with Crippen molar-refractivity contribution in [1.82, 2.24) is 9.55 Å². The summed E-state index contributed by atoms with van der Waals surface area (Å²) in [7, 11) is 1.97. The molecule has 3 aromatic rings. The average Bonchev–Trinajstić information content (AvgIpc) is 3.03. The van der Waals surface area contributed by atoms with Crippen LogP contribution in [0, 0.1) is 0 Å². The minimum atomic E-state index is -0.136. The monoisotopic (exact) mass is 351 g/mol. The molecule has 0 bridgehead atoms. The van der Waals surface area contributed by atoms with Crippen LogP contribution < -0.4 is 5.32 Å². The molecule has 0 radical (unpaired) electrons. The number of carbonyl (C=O) groups excluding carboxylic acids is 1. The molecule has 2 aromatic carbocycles. The number of hydrogen-bond acceptors (Lipinski definition) is 3. The summed E-state index contributed by atoms with van der Waals surface area (Å²) in [6.45, 7) is 2.03. The number of rotatable bonds is 6. The van der Waals surface area contributed by atoms with E-state index in [1.54, 1.807) is 18.0 Å². The van der Waals surface area contributed by atoms with Gasteiger partial charge in [0.1, 0.15) is 0 Å². The lowest BCUT2D eigenvalue weighted by atomic mass is 9.95. The highest BCUT2D eigenvalue weighted by Crippen LogP contribution is 2.27. The third-order valence-electron chi connectivity index (χ3n) is 4.03. The number of amides is 1. The summed E-state index contributed by atoms with van der Waals surface area (Å²) >= 11 is 1.60. The van der Waals surface area contributed by atoms with E-state index in [1.165, 1.54) is 0 Å². The van der Waals surface area contributed by atoms with Gasteiger partial charge in [-0.15, -0.1) is 0 Å². The first-order valence-corrected chi connectivity index (χ1v) is 9.10. The number of imidazole rings is 1. The van der Waals surface area contributed by atoms with Crippen LogP contribution in [-0.2, 0) is 11.8 Å². The summed E-state index contributed by atoms with van der Waals surface area (Å²) in [5.74, 6) is -0.110. The highest BCUT2D eigenvalue weighted by atomic mass is 32.2. The third kappa shape index (κ3) is 4.31. The number of anilines is 1. The van der Waals surface area contributed by atoms with E-state index in [1.807, 2.05) is 79.3 Å². The lowest BCUT2D eigenvalue weighted by molar-refractivity contribution is -0.117. The van der Waals surface area contributed by atoms with Crippen molar-refractivity contribution in [2.24, 2.45) is 7.05 Å². The van der Waals surface area contributed by atoms with Gasteiger partial charge < -0.3 is 9.88 Å². The van der Waals surface area contributed by atoms with Crippen LogP contribution in [0.1, 0.15) is 24.8 Å². The van der Waals surface area contributed by atoms with Crippen molar-refractivity contribution < 1.29 is 4.79 Å². The number of nitrogens with one attached hydrogen (secondary N) is 1. The van der Waals surface area contributed by atoms with Gasteiger partial charge in [-0.1, -0.05) is 49.0 Å². The molecule has 5 heteroatoms. The average molecular weight is 351 g/mol. The first-order chi connectivity index (χ1) is 12.2. The van der Waals surface area contributed by atoms with Crippen LogP contribution in [0.5, 0.6) is 0 Å². The van der Waals surface area contributed by atoms with E-state index >= 15 is 0 Å². The molecule has 1 unspecified atom stereocenters. The van der Waals surface area contributed by atoms with E-state index in [-0.39, 0.29) is 11.8 Å². The maximum atomic E-state index is 12.6. The summed E-state index contributed by atoms with van der Waals surface area (Å²) in [4.78, 5) is 18.0. The standard InChI is InChI=1S/C20H21N3OS/c1-3-18(15-7-5-4-6-8-15)19(24)22-16-9-11-17(12-10-16)25-20-21-13-14-23(20)2/h4-14,18H,3H2,1-2H3,(H,22,24). The molecule has 1 heterocycles. The first kappa shape index (κ1) is 17.3. The maximum absolute atomic E-state index is 12.6. The largest absolute Gasteiger partial charge is 0.329 e. The van der Waals surface area contributed by atoms with E-state index in [2.05, 4.69) is 10.3 Å². The van der Waals surface area contributed by atoms with Gasteiger partial charge in [0.05, 0.1) is 5.92 Å². The first-order valence-electron chi connectivity index (χ1n) is 8.28. The van der Waals surface area contributed by atoms with Crippen LogP contribution in [0.4, 0.5) is 5.69 Å². The van der Waals surface area contributed by atoms with E-state index in [0.717, 1.165) is 27.7 Å². The smallest absolute Gasteiger partial charge is 0.231 e. The lowest BCUT2D eigenvalue weighted by Crippen LogP contribution is -2.20. The Labute approximate surface area is 152 Å². The van der Waals surface area contributed by atoms with Crippen molar-refractivity contribution in [3.8, 4) is 0 Å². The molecule has 0 aliphatic rings. The lowest BCUT2D eigenvalue weighted by Gasteiger charge is -2.15. The van der Waals surface area contributed by atoms with Gasteiger partial charge in [0.25, 0.3) is 0 Å². The van der Waals surface area contributed by atoms with E-state index in [9.17, 15) is 4.79 Å². The van der Waals surface area contributed by atoms with Gasteiger partial charge in [0.2, 0.25) is 5.91 Å². The molecule has 4 nitrogen and oxygen atoms in total. The predicted molar refractivity (Wildman–Crippen MR) is 102 cm³/mol. The van der Waals surface area contributed by atoms with Gasteiger partial charge in [-0.25, -0.2) is 4.98 Å². The summed E-state index contributed by atoms with van der Waals surface area (Å²) in [6, 6.07) is 17.8. The molecule has 1 atom stereocenters. The molecule has 25 heavy (non-hydrogen) atoms. The summed E-state index contributed by atoms with van der Waals surface area (Å²) in [5.41, 5.74) is 1.85. The fourth-order valence-electron chi connectivity index (χ4n) is 2.65. The van der Waals surface area contributed by atoms with Crippen LogP contribution in [0.15, 0.2) is 77.0 Å². The van der Waals surface area contributed by atoms with E-state index in [4.69, 9.17) is 0 Å². The molecule has 0 fully saturated rings. The van der Waals surface area contributed by atoms with Gasteiger partial charge in [0.15, 0.2) is 5.16 Å². The van der Waals surface area contributed by atoms with Crippen LogP contribution in [0.25, 0.3) is 0 Å². The second-order valence-corrected chi connectivity index (χ2v) is 6.85. The second-order valence-electron chi connectivity index (χ2n) is 5.81. The Morgan fingerprint density at radius 3 is 2.48 bits per heavy atom. The van der Waals surface area contributed by atoms with Crippen LogP contribution in [-0.4, -0.2) is 15.5 Å². The van der Waals surface area contributed by atoms with Crippen molar-refractivity contribution in [2.75, 3.05) is 5.32 Å². The van der Waals surface area contributed by atoms with Gasteiger partial charge in [-0.3, -0.25) is 4.79 Å². The van der Waals surface area contributed by atoms with Crippen LogP contribution in [0.2, 0.25) is 0 Å². The van der Waals surface area contributed by atoms with Crippen LogP contribution in [0.3, 0.4) is 0 Å². The number of benzene rings is 2. The molecule has 0 aliphatic heterocycles. The molecular formula is C20H21N3OS. The molecule has 1 N–H and O–H groups in total. The number of aryl methyl sites for hydroxylation is 1. The highest BCUT2D eigenvalue weighted by molar-refractivity contribution is 7.99. The zero-order valence-electron chi connectivity index (χ0n) is 14.3. The Morgan fingerprint density at radius 1 is 1.16 bits per heavy atom. The Morgan fingerprint density at radius 2 is 1.88 bits per heavy atom. The Balaban J connectivity index is 1.66. The van der Waals surface area contributed by atoms with Gasteiger partial charge in [-0.05, 0) is 36.2 Å². The minimum Gasteiger partial charge on any atom is -0.329 e. The number of hydrogen-bond donors (Lipinski definition) is 1. The van der Waals surface area contributed by atoms with Crippen molar-refractivity contribution in [2.45, 2.75) is 29.3 Å². The second kappa shape index (κ2) is 8.03.